The van der Waals surface area contributed by atoms with E-state index in [2.05, 4.69) is 15.9 Å². The minimum Gasteiger partial charge on any atom is -0.462 e. The molecule has 2 heterocycles. The van der Waals surface area contributed by atoms with Crippen molar-refractivity contribution in [2.24, 2.45) is 0 Å². The van der Waals surface area contributed by atoms with Gasteiger partial charge in [-0.3, -0.25) is 4.79 Å². The number of aromatic nitrogens is 1. The summed E-state index contributed by atoms with van der Waals surface area (Å²) in [6.45, 7) is 3.63. The van der Waals surface area contributed by atoms with Gasteiger partial charge in [0.05, 0.1) is 25.3 Å². The number of carbonyl (C=O) groups is 1. The molecule has 5 nitrogen and oxygen atoms in total. The summed E-state index contributed by atoms with van der Waals surface area (Å²) < 4.78 is 13.5. The van der Waals surface area contributed by atoms with Gasteiger partial charge in [-0.1, -0.05) is 15.9 Å². The van der Waals surface area contributed by atoms with Crippen LogP contribution in [-0.2, 0) is 22.4 Å². The molecule has 0 saturated carbocycles. The molecule has 1 aromatic heterocycles. The number of benzene rings is 1. The van der Waals surface area contributed by atoms with Gasteiger partial charge in [0.15, 0.2) is 0 Å². The predicted octanol–water partition coefficient (Wildman–Crippen LogP) is 2.51. The number of ether oxygens (including phenoxy) is 2. The number of rotatable bonds is 2. The molecular weight excluding hydrogens is 350 g/mol. The van der Waals surface area contributed by atoms with Crippen LogP contribution < -0.4 is 5.43 Å². The average molecular weight is 366 g/mol. The van der Waals surface area contributed by atoms with Gasteiger partial charge in [0.2, 0.25) is 5.43 Å². The Morgan fingerprint density at radius 3 is 3.00 bits per heavy atom. The fourth-order valence-electron chi connectivity index (χ4n) is 2.82. The van der Waals surface area contributed by atoms with E-state index in [-0.39, 0.29) is 17.6 Å². The molecule has 0 radical (unpaired) electrons. The first-order valence-corrected chi connectivity index (χ1v) is 8.02. The number of hydrogen-bond donors (Lipinski definition) is 0. The van der Waals surface area contributed by atoms with Crippen LogP contribution in [0.25, 0.3) is 10.9 Å². The second kappa shape index (κ2) is 6.22. The van der Waals surface area contributed by atoms with E-state index < -0.39 is 5.97 Å². The van der Waals surface area contributed by atoms with Crippen molar-refractivity contribution in [1.82, 2.24) is 4.57 Å². The normalized spacial score (nSPS) is 14.5. The Labute approximate surface area is 136 Å². The van der Waals surface area contributed by atoms with Crippen LogP contribution in [0.15, 0.2) is 27.5 Å². The molecule has 0 N–H and O–H groups in total. The monoisotopic (exact) mass is 365 g/mol. The molecular formula is C16H16BrNO4. The maximum absolute atomic E-state index is 12.8. The minimum absolute atomic E-state index is 0.141. The summed E-state index contributed by atoms with van der Waals surface area (Å²) in [6.07, 6.45) is 0.520. The van der Waals surface area contributed by atoms with Gasteiger partial charge in [-0.05, 0) is 25.1 Å². The van der Waals surface area contributed by atoms with Crippen molar-refractivity contribution in [3.63, 3.8) is 0 Å². The van der Waals surface area contributed by atoms with Crippen molar-refractivity contribution in [1.29, 1.82) is 0 Å². The van der Waals surface area contributed by atoms with E-state index in [1.165, 1.54) is 0 Å². The highest BCUT2D eigenvalue weighted by atomic mass is 79.9. The summed E-state index contributed by atoms with van der Waals surface area (Å²) >= 11 is 3.44. The number of halogens is 1. The number of hydrogen-bond acceptors (Lipinski definition) is 4. The average Bonchev–Trinajstić information content (AvgIpc) is 2.73. The van der Waals surface area contributed by atoms with E-state index >= 15 is 0 Å². The van der Waals surface area contributed by atoms with E-state index in [1.54, 1.807) is 19.1 Å². The summed E-state index contributed by atoms with van der Waals surface area (Å²) in [5.74, 6) is -0.553. The minimum atomic E-state index is -0.553. The first-order chi connectivity index (χ1) is 10.6. The molecule has 0 unspecified atom stereocenters. The fraction of sp³-hybridized carbons (Fsp3) is 0.375. The molecule has 0 amide bonds. The Kier molecular flexibility index (Phi) is 4.31. The second-order valence-corrected chi connectivity index (χ2v) is 5.96. The Morgan fingerprint density at radius 2 is 2.23 bits per heavy atom. The van der Waals surface area contributed by atoms with Crippen molar-refractivity contribution >= 4 is 32.8 Å². The molecule has 22 heavy (non-hydrogen) atoms. The van der Waals surface area contributed by atoms with Crippen LogP contribution in [0.3, 0.4) is 0 Å². The number of pyridine rings is 1. The first-order valence-electron chi connectivity index (χ1n) is 7.23. The molecule has 0 fully saturated rings. The zero-order chi connectivity index (χ0) is 15.7. The molecule has 0 bridgehead atoms. The summed E-state index contributed by atoms with van der Waals surface area (Å²) in [5, 5.41) is 0.525. The van der Waals surface area contributed by atoms with Gasteiger partial charge in [-0.2, -0.15) is 0 Å². The zero-order valence-corrected chi connectivity index (χ0v) is 13.8. The third-order valence-electron chi connectivity index (χ3n) is 3.76. The number of carbonyl (C=O) groups excluding carboxylic acids is 1. The molecule has 3 rings (SSSR count). The van der Waals surface area contributed by atoms with E-state index in [9.17, 15) is 9.59 Å². The van der Waals surface area contributed by atoms with Crippen LogP contribution >= 0.6 is 15.9 Å². The lowest BCUT2D eigenvalue weighted by Crippen LogP contribution is -2.26. The van der Waals surface area contributed by atoms with Gasteiger partial charge in [0.25, 0.3) is 0 Å². The second-order valence-electron chi connectivity index (χ2n) is 5.05. The topological polar surface area (TPSA) is 57.5 Å². The zero-order valence-electron chi connectivity index (χ0n) is 12.2. The first kappa shape index (κ1) is 15.2. The van der Waals surface area contributed by atoms with Gasteiger partial charge < -0.3 is 14.0 Å². The molecule has 0 aliphatic carbocycles. The third-order valence-corrected chi connectivity index (χ3v) is 4.25. The summed E-state index contributed by atoms with van der Waals surface area (Å²) in [6, 6.07) is 5.45. The van der Waals surface area contributed by atoms with Crippen LogP contribution in [0.1, 0.15) is 23.0 Å². The quantitative estimate of drug-likeness (QED) is 0.767. The van der Waals surface area contributed by atoms with E-state index in [0.717, 1.165) is 9.99 Å². The van der Waals surface area contributed by atoms with Crippen molar-refractivity contribution in [3.8, 4) is 0 Å². The van der Waals surface area contributed by atoms with Crippen LogP contribution in [0.4, 0.5) is 0 Å². The van der Waals surface area contributed by atoms with Crippen molar-refractivity contribution in [3.05, 3.63) is 44.2 Å². The maximum Gasteiger partial charge on any atom is 0.343 e. The summed E-state index contributed by atoms with van der Waals surface area (Å²) in [5.41, 5.74) is 1.38. The van der Waals surface area contributed by atoms with E-state index in [0.29, 0.717) is 37.3 Å². The van der Waals surface area contributed by atoms with Crippen LogP contribution in [-0.4, -0.2) is 30.4 Å². The SMILES string of the molecule is CCOC(=O)c1c2n(c3cc(Br)ccc3c1=O)CCOCC2. The molecule has 1 aromatic carbocycles. The molecule has 116 valence electrons. The number of fused-ring (bicyclic) bond motifs is 3. The lowest BCUT2D eigenvalue weighted by atomic mass is 10.1. The molecule has 0 atom stereocenters. The van der Waals surface area contributed by atoms with Gasteiger partial charge in [0.1, 0.15) is 5.56 Å². The summed E-state index contributed by atoms with van der Waals surface area (Å²) in [7, 11) is 0. The third kappa shape index (κ3) is 2.57. The highest BCUT2D eigenvalue weighted by Gasteiger charge is 2.24. The largest absolute Gasteiger partial charge is 0.462 e. The van der Waals surface area contributed by atoms with E-state index in [1.807, 2.05) is 10.6 Å². The van der Waals surface area contributed by atoms with Crippen LogP contribution in [0.2, 0.25) is 0 Å². The highest BCUT2D eigenvalue weighted by molar-refractivity contribution is 9.10. The van der Waals surface area contributed by atoms with Crippen LogP contribution in [0, 0.1) is 0 Å². The Morgan fingerprint density at radius 1 is 1.41 bits per heavy atom. The van der Waals surface area contributed by atoms with E-state index in [4.69, 9.17) is 9.47 Å². The number of esters is 1. The van der Waals surface area contributed by atoms with Gasteiger partial charge in [-0.25, -0.2) is 4.79 Å². The van der Waals surface area contributed by atoms with Crippen molar-refractivity contribution in [2.75, 3.05) is 19.8 Å². The van der Waals surface area contributed by atoms with Gasteiger partial charge in [0, 0.05) is 28.5 Å². The standard InChI is InChI=1S/C16H16BrNO4/c1-2-22-16(20)14-12-5-7-21-8-6-18(12)13-9-10(17)3-4-11(13)15(14)19/h3-4,9H,2,5-8H2,1H3. The molecule has 2 aromatic rings. The molecule has 0 spiro atoms. The molecule has 6 heteroatoms. The molecule has 0 saturated heterocycles. The maximum atomic E-state index is 12.8. The van der Waals surface area contributed by atoms with Gasteiger partial charge >= 0.3 is 5.97 Å². The lowest BCUT2D eigenvalue weighted by Gasteiger charge is -2.17. The Balaban J connectivity index is 2.37. The van der Waals surface area contributed by atoms with Crippen molar-refractivity contribution < 1.29 is 14.3 Å². The Hall–Kier alpha value is -1.66. The fourth-order valence-corrected chi connectivity index (χ4v) is 3.17. The smallest absolute Gasteiger partial charge is 0.343 e. The predicted molar refractivity (Wildman–Crippen MR) is 86.4 cm³/mol. The molecule has 1 aliphatic rings. The summed E-state index contributed by atoms with van der Waals surface area (Å²) in [4.78, 5) is 25.0. The van der Waals surface area contributed by atoms with Gasteiger partial charge in [-0.15, -0.1) is 0 Å². The molecule has 1 aliphatic heterocycles. The Bertz CT molecular complexity index is 797. The lowest BCUT2D eigenvalue weighted by molar-refractivity contribution is 0.0522. The number of nitrogens with zero attached hydrogens (tertiary/aromatic N) is 1. The highest BCUT2D eigenvalue weighted by Crippen LogP contribution is 2.23. The van der Waals surface area contributed by atoms with Crippen molar-refractivity contribution in [2.45, 2.75) is 19.9 Å². The van der Waals surface area contributed by atoms with Crippen LogP contribution in [0.5, 0.6) is 0 Å².